The average Bonchev–Trinajstić information content (AvgIpc) is 3.25. The second-order valence-electron chi connectivity index (χ2n) is 6.08. The van der Waals surface area contributed by atoms with E-state index in [-0.39, 0.29) is 5.82 Å². The number of rotatable bonds is 5. The minimum Gasteiger partial charge on any atom is -0.370 e. The van der Waals surface area contributed by atoms with Crippen molar-refractivity contribution >= 4 is 11.5 Å². The molecule has 3 aromatic rings. The highest BCUT2D eigenvalue weighted by atomic mass is 19.1. The molecule has 0 aromatic carbocycles. The molecule has 126 valence electrons. The van der Waals surface area contributed by atoms with E-state index in [1.54, 1.807) is 16.9 Å². The molecule has 0 bridgehead atoms. The zero-order chi connectivity index (χ0) is 17.2. The van der Waals surface area contributed by atoms with Gasteiger partial charge in [0.15, 0.2) is 5.65 Å². The van der Waals surface area contributed by atoms with Crippen molar-refractivity contribution < 1.29 is 4.39 Å². The highest BCUT2D eigenvalue weighted by Gasteiger charge is 2.11. The summed E-state index contributed by atoms with van der Waals surface area (Å²) in [6.07, 6.45) is 13.1. The van der Waals surface area contributed by atoms with Crippen LogP contribution in [-0.4, -0.2) is 26.1 Å². The molecule has 0 atom stereocenters. The zero-order valence-corrected chi connectivity index (χ0v) is 13.9. The van der Waals surface area contributed by atoms with Gasteiger partial charge in [0.1, 0.15) is 11.6 Å². The first-order chi connectivity index (χ1) is 12.2. The molecule has 0 spiro atoms. The summed E-state index contributed by atoms with van der Waals surface area (Å²) in [5.41, 5.74) is 4.38. The monoisotopic (exact) mass is 335 g/mol. The maximum absolute atomic E-state index is 13.5. The molecular weight excluding hydrogens is 317 g/mol. The van der Waals surface area contributed by atoms with E-state index in [1.165, 1.54) is 17.8 Å². The Bertz CT molecular complexity index is 987. The number of allylic oxidation sites excluding steroid dienone is 3. The predicted molar refractivity (Wildman–Crippen MR) is 95.9 cm³/mol. The summed E-state index contributed by atoms with van der Waals surface area (Å²) in [6.45, 7) is 2.75. The Kier molecular flexibility index (Phi) is 4.01. The average molecular weight is 335 g/mol. The van der Waals surface area contributed by atoms with Gasteiger partial charge in [-0.1, -0.05) is 23.8 Å². The molecule has 0 radical (unpaired) electrons. The number of hydrogen-bond acceptors (Lipinski definition) is 4. The van der Waals surface area contributed by atoms with E-state index >= 15 is 0 Å². The maximum atomic E-state index is 13.5. The van der Waals surface area contributed by atoms with Crippen molar-refractivity contribution in [3.05, 3.63) is 65.9 Å². The Morgan fingerprint density at radius 3 is 2.96 bits per heavy atom. The fraction of sp³-hybridized carbons (Fsp3) is 0.211. The fourth-order valence-corrected chi connectivity index (χ4v) is 2.93. The molecule has 0 saturated carbocycles. The van der Waals surface area contributed by atoms with Gasteiger partial charge in [-0.3, -0.25) is 4.98 Å². The number of nitrogens with zero attached hydrogens (tertiary/aromatic N) is 4. The van der Waals surface area contributed by atoms with Crippen molar-refractivity contribution in [3.63, 3.8) is 0 Å². The Balaban J connectivity index is 1.68. The van der Waals surface area contributed by atoms with Crippen LogP contribution in [0.1, 0.15) is 18.4 Å². The van der Waals surface area contributed by atoms with Crippen molar-refractivity contribution in [2.75, 3.05) is 11.9 Å². The first kappa shape index (κ1) is 15.5. The summed E-state index contributed by atoms with van der Waals surface area (Å²) in [5, 5.41) is 7.82. The minimum absolute atomic E-state index is 0.376. The third-order valence-corrected chi connectivity index (χ3v) is 4.22. The SMILES string of the molecule is Cc1cnn2c(NCCC3=CCC=C3)cc(-c3cncc(F)c3)nc12. The molecule has 0 fully saturated rings. The molecule has 0 amide bonds. The summed E-state index contributed by atoms with van der Waals surface area (Å²) < 4.78 is 15.3. The number of hydrogen-bond donors (Lipinski definition) is 1. The zero-order valence-electron chi connectivity index (χ0n) is 13.9. The Morgan fingerprint density at radius 1 is 1.24 bits per heavy atom. The minimum atomic E-state index is -0.376. The molecule has 1 aliphatic carbocycles. The van der Waals surface area contributed by atoms with Gasteiger partial charge in [0.2, 0.25) is 0 Å². The molecular formula is C19H18FN5. The van der Waals surface area contributed by atoms with E-state index in [1.807, 2.05) is 13.0 Å². The number of nitrogens with one attached hydrogen (secondary N) is 1. The van der Waals surface area contributed by atoms with Gasteiger partial charge in [-0.2, -0.15) is 9.61 Å². The van der Waals surface area contributed by atoms with Crippen LogP contribution in [0, 0.1) is 12.7 Å². The molecule has 25 heavy (non-hydrogen) atoms. The fourth-order valence-electron chi connectivity index (χ4n) is 2.93. The van der Waals surface area contributed by atoms with Crippen LogP contribution in [-0.2, 0) is 0 Å². The number of pyridine rings is 1. The molecule has 3 aromatic heterocycles. The highest BCUT2D eigenvalue weighted by Crippen LogP contribution is 2.24. The van der Waals surface area contributed by atoms with Gasteiger partial charge in [0.25, 0.3) is 0 Å². The molecule has 0 unspecified atom stereocenters. The number of aromatic nitrogens is 4. The normalized spacial score (nSPS) is 13.4. The van der Waals surface area contributed by atoms with Gasteiger partial charge >= 0.3 is 0 Å². The van der Waals surface area contributed by atoms with Gasteiger partial charge in [0.05, 0.1) is 18.1 Å². The van der Waals surface area contributed by atoms with Gasteiger partial charge in [-0.05, 0) is 25.8 Å². The number of aryl methyl sites for hydroxylation is 1. The molecule has 1 aliphatic rings. The Hall–Kier alpha value is -3.02. The summed E-state index contributed by atoms with van der Waals surface area (Å²) in [4.78, 5) is 8.55. The van der Waals surface area contributed by atoms with Gasteiger partial charge in [-0.15, -0.1) is 0 Å². The molecule has 5 nitrogen and oxygen atoms in total. The van der Waals surface area contributed by atoms with Crippen molar-refractivity contribution in [2.24, 2.45) is 0 Å². The third kappa shape index (κ3) is 3.15. The van der Waals surface area contributed by atoms with E-state index in [9.17, 15) is 4.39 Å². The largest absolute Gasteiger partial charge is 0.370 e. The van der Waals surface area contributed by atoms with Crippen LogP contribution in [0.15, 0.2) is 54.5 Å². The quantitative estimate of drug-likeness (QED) is 0.768. The molecule has 1 N–H and O–H groups in total. The van der Waals surface area contributed by atoms with Crippen LogP contribution in [0.4, 0.5) is 10.2 Å². The van der Waals surface area contributed by atoms with Gasteiger partial charge in [-0.25, -0.2) is 9.37 Å². The lowest BCUT2D eigenvalue weighted by Crippen LogP contribution is -2.08. The smallest absolute Gasteiger partial charge is 0.160 e. The predicted octanol–water partition coefficient (Wildman–Crippen LogP) is 3.93. The van der Waals surface area contributed by atoms with Crippen LogP contribution < -0.4 is 5.32 Å². The van der Waals surface area contributed by atoms with Crippen molar-refractivity contribution in [3.8, 4) is 11.3 Å². The molecule has 6 heteroatoms. The molecule has 4 rings (SSSR count). The van der Waals surface area contributed by atoms with E-state index in [0.29, 0.717) is 11.3 Å². The Morgan fingerprint density at radius 2 is 2.16 bits per heavy atom. The summed E-state index contributed by atoms with van der Waals surface area (Å²) in [7, 11) is 0. The second kappa shape index (κ2) is 6.47. The van der Waals surface area contributed by atoms with Crippen molar-refractivity contribution in [1.82, 2.24) is 19.6 Å². The second-order valence-corrected chi connectivity index (χ2v) is 6.08. The first-order valence-corrected chi connectivity index (χ1v) is 8.26. The molecule has 0 saturated heterocycles. The van der Waals surface area contributed by atoms with Crippen LogP contribution in [0.3, 0.4) is 0 Å². The third-order valence-electron chi connectivity index (χ3n) is 4.22. The Labute approximate surface area is 144 Å². The van der Waals surface area contributed by atoms with E-state index in [4.69, 9.17) is 0 Å². The number of halogens is 1. The van der Waals surface area contributed by atoms with Gasteiger partial charge in [0, 0.05) is 29.9 Å². The van der Waals surface area contributed by atoms with Crippen LogP contribution in [0.5, 0.6) is 0 Å². The molecule has 0 aliphatic heterocycles. The van der Waals surface area contributed by atoms with Crippen molar-refractivity contribution in [1.29, 1.82) is 0 Å². The number of fused-ring (bicyclic) bond motifs is 1. The summed E-state index contributed by atoms with van der Waals surface area (Å²) in [6, 6.07) is 3.32. The van der Waals surface area contributed by atoms with E-state index in [2.05, 4.69) is 38.6 Å². The van der Waals surface area contributed by atoms with E-state index < -0.39 is 0 Å². The summed E-state index contributed by atoms with van der Waals surface area (Å²) >= 11 is 0. The van der Waals surface area contributed by atoms with Crippen LogP contribution in [0.2, 0.25) is 0 Å². The lowest BCUT2D eigenvalue weighted by Gasteiger charge is -2.11. The van der Waals surface area contributed by atoms with Crippen LogP contribution >= 0.6 is 0 Å². The standard InChI is InChI=1S/C19H18FN5/c1-13-10-23-25-18(22-7-6-14-4-2-3-5-14)9-17(24-19(13)25)15-8-16(20)12-21-11-15/h2,4-5,8-12,22H,3,6-7H2,1H3. The van der Waals surface area contributed by atoms with E-state index in [0.717, 1.165) is 36.4 Å². The summed E-state index contributed by atoms with van der Waals surface area (Å²) in [5.74, 6) is 0.457. The lowest BCUT2D eigenvalue weighted by atomic mass is 10.2. The van der Waals surface area contributed by atoms with Crippen LogP contribution in [0.25, 0.3) is 16.9 Å². The maximum Gasteiger partial charge on any atom is 0.160 e. The highest BCUT2D eigenvalue weighted by molar-refractivity contribution is 5.67. The van der Waals surface area contributed by atoms with Crippen molar-refractivity contribution in [2.45, 2.75) is 19.8 Å². The topological polar surface area (TPSA) is 55.1 Å². The van der Waals surface area contributed by atoms with Gasteiger partial charge < -0.3 is 5.32 Å². The molecule has 3 heterocycles. The lowest BCUT2D eigenvalue weighted by molar-refractivity contribution is 0.622. The number of anilines is 1. The first-order valence-electron chi connectivity index (χ1n) is 8.26.